The Balaban J connectivity index is 3.66. The summed E-state index contributed by atoms with van der Waals surface area (Å²) in [7, 11) is 0. The van der Waals surface area contributed by atoms with E-state index in [-0.39, 0.29) is 18.9 Å². The van der Waals surface area contributed by atoms with E-state index in [1.807, 2.05) is 0 Å². The predicted octanol–water partition coefficient (Wildman–Crippen LogP) is 7.88. The molecule has 0 aromatic rings. The van der Waals surface area contributed by atoms with Crippen LogP contribution in [0.25, 0.3) is 0 Å². The molecular formula is C26H48F3NO3. The van der Waals surface area contributed by atoms with Crippen molar-refractivity contribution in [1.29, 1.82) is 0 Å². The summed E-state index contributed by atoms with van der Waals surface area (Å²) < 4.78 is 42.5. The lowest BCUT2D eigenvalue weighted by Gasteiger charge is -2.20. The van der Waals surface area contributed by atoms with Crippen molar-refractivity contribution in [3.05, 3.63) is 0 Å². The first-order valence-corrected chi connectivity index (χ1v) is 13.2. The first-order chi connectivity index (χ1) is 15.7. The van der Waals surface area contributed by atoms with Crippen molar-refractivity contribution in [2.45, 2.75) is 142 Å². The molecule has 0 heterocycles. The minimum absolute atomic E-state index is 0.0494. The van der Waals surface area contributed by atoms with Crippen molar-refractivity contribution in [2.75, 3.05) is 6.61 Å². The number of hydrogen-bond acceptors (Lipinski definition) is 3. The summed E-state index contributed by atoms with van der Waals surface area (Å²) >= 11 is 0. The molecular weight excluding hydrogens is 431 g/mol. The predicted molar refractivity (Wildman–Crippen MR) is 128 cm³/mol. The summed E-state index contributed by atoms with van der Waals surface area (Å²) in [5, 5.41) is 1.76. The molecule has 0 rings (SSSR count). The lowest BCUT2D eigenvalue weighted by molar-refractivity contribution is -0.176. The van der Waals surface area contributed by atoms with Gasteiger partial charge in [-0.1, -0.05) is 117 Å². The molecule has 1 N–H and O–H groups in total. The van der Waals surface area contributed by atoms with E-state index in [2.05, 4.69) is 6.92 Å². The largest absolute Gasteiger partial charge is 0.471 e. The first kappa shape index (κ1) is 31.7. The van der Waals surface area contributed by atoms with E-state index in [4.69, 9.17) is 4.74 Å². The van der Waals surface area contributed by atoms with Gasteiger partial charge in [-0.05, 0) is 18.8 Å². The highest BCUT2D eigenvalue weighted by Crippen LogP contribution is 2.17. The molecule has 196 valence electrons. The zero-order valence-electron chi connectivity index (χ0n) is 21.2. The average Bonchev–Trinajstić information content (AvgIpc) is 2.74. The van der Waals surface area contributed by atoms with Gasteiger partial charge in [-0.25, -0.2) is 4.79 Å². The van der Waals surface area contributed by atoms with Crippen LogP contribution in [-0.4, -0.2) is 30.7 Å². The number of nitrogens with one attached hydrogen (secondary N) is 1. The fourth-order valence-corrected chi connectivity index (χ4v) is 3.85. The van der Waals surface area contributed by atoms with Crippen LogP contribution in [0.4, 0.5) is 13.2 Å². The number of carbonyl (C=O) groups is 2. The highest BCUT2D eigenvalue weighted by molar-refractivity contribution is 5.87. The van der Waals surface area contributed by atoms with Gasteiger partial charge < -0.3 is 10.1 Å². The molecule has 0 radical (unpaired) electrons. The molecule has 0 fully saturated rings. The Morgan fingerprint density at radius 1 is 0.727 bits per heavy atom. The van der Waals surface area contributed by atoms with E-state index in [1.165, 1.54) is 77.0 Å². The van der Waals surface area contributed by atoms with Gasteiger partial charge in [-0.3, -0.25) is 4.79 Å². The quantitative estimate of drug-likeness (QED) is 0.135. The zero-order chi connectivity index (χ0) is 25.0. The van der Waals surface area contributed by atoms with Crippen molar-refractivity contribution in [3.8, 4) is 0 Å². The molecule has 4 nitrogen and oxygen atoms in total. The topological polar surface area (TPSA) is 55.4 Å². The molecule has 1 unspecified atom stereocenters. The number of esters is 1. The number of amides is 1. The van der Waals surface area contributed by atoms with Gasteiger partial charge in [0, 0.05) is 0 Å². The van der Waals surface area contributed by atoms with Crippen LogP contribution in [0.1, 0.15) is 130 Å². The van der Waals surface area contributed by atoms with Crippen molar-refractivity contribution in [2.24, 2.45) is 5.92 Å². The van der Waals surface area contributed by atoms with Crippen LogP contribution in [0.3, 0.4) is 0 Å². The third-order valence-electron chi connectivity index (χ3n) is 5.80. The number of hydrogen-bond donors (Lipinski definition) is 1. The molecule has 0 aliphatic carbocycles. The highest BCUT2D eigenvalue weighted by atomic mass is 19.4. The summed E-state index contributed by atoms with van der Waals surface area (Å²) in [6.07, 6.45) is 15.0. The van der Waals surface area contributed by atoms with E-state index >= 15 is 0 Å². The maximum atomic E-state index is 12.5. The molecule has 33 heavy (non-hydrogen) atoms. The van der Waals surface area contributed by atoms with Crippen LogP contribution in [-0.2, 0) is 14.3 Å². The molecule has 7 heteroatoms. The van der Waals surface area contributed by atoms with Gasteiger partial charge in [0.25, 0.3) is 0 Å². The molecule has 0 saturated carbocycles. The second-order valence-electron chi connectivity index (χ2n) is 9.62. The van der Waals surface area contributed by atoms with Crippen LogP contribution in [0.15, 0.2) is 0 Å². The van der Waals surface area contributed by atoms with Gasteiger partial charge in [-0.15, -0.1) is 0 Å². The fraction of sp³-hybridized carbons (Fsp3) is 0.923. The molecule has 0 aliphatic rings. The van der Waals surface area contributed by atoms with E-state index in [0.717, 1.165) is 19.3 Å². The number of ether oxygens (including phenoxy) is 1. The van der Waals surface area contributed by atoms with Crippen LogP contribution in [0.5, 0.6) is 0 Å². The summed E-state index contributed by atoms with van der Waals surface area (Å²) in [5.74, 6) is -2.94. The number of carbonyl (C=O) groups excluding carboxylic acids is 2. The van der Waals surface area contributed by atoms with Crippen molar-refractivity contribution in [3.63, 3.8) is 0 Å². The Bertz CT molecular complexity index is 496. The van der Waals surface area contributed by atoms with E-state index in [1.54, 1.807) is 19.2 Å². The number of unbranched alkanes of at least 4 members (excludes halogenated alkanes) is 15. The molecule has 1 atom stereocenters. The molecule has 1 amide bonds. The van der Waals surface area contributed by atoms with Gasteiger partial charge in [0.15, 0.2) is 0 Å². The summed E-state index contributed by atoms with van der Waals surface area (Å²) in [6, 6.07) is -1.26. The average molecular weight is 480 g/mol. The van der Waals surface area contributed by atoms with Gasteiger partial charge in [0.1, 0.15) is 6.04 Å². The van der Waals surface area contributed by atoms with Crippen LogP contribution < -0.4 is 5.32 Å². The van der Waals surface area contributed by atoms with Crippen LogP contribution in [0, 0.1) is 5.92 Å². The van der Waals surface area contributed by atoms with Gasteiger partial charge in [0.2, 0.25) is 0 Å². The second-order valence-corrected chi connectivity index (χ2v) is 9.62. The maximum absolute atomic E-state index is 12.5. The SMILES string of the molecule is CCCCCCCCCCCCCCCCCCOC(=O)C(CC(C)C)NC(=O)C(F)(F)F. The Morgan fingerprint density at radius 2 is 1.12 bits per heavy atom. The van der Waals surface area contributed by atoms with Gasteiger partial charge in [-0.2, -0.15) is 13.2 Å². The summed E-state index contributed by atoms with van der Waals surface area (Å²) in [4.78, 5) is 23.2. The van der Waals surface area contributed by atoms with Crippen molar-refractivity contribution in [1.82, 2.24) is 5.32 Å². The standard InChI is InChI=1S/C26H48F3NO3/c1-4-5-6-7-8-9-10-11-12-13-14-15-16-17-18-19-20-33-24(31)23(21-22(2)3)30-25(32)26(27,28)29/h22-23H,4-21H2,1-3H3,(H,30,32). The normalized spacial score (nSPS) is 12.7. The Hall–Kier alpha value is -1.27. The number of halogens is 3. The molecule has 0 saturated heterocycles. The van der Waals surface area contributed by atoms with Crippen LogP contribution >= 0.6 is 0 Å². The lowest BCUT2D eigenvalue weighted by atomic mass is 10.0. The molecule has 0 spiro atoms. The van der Waals surface area contributed by atoms with E-state index < -0.39 is 24.1 Å². The van der Waals surface area contributed by atoms with Gasteiger partial charge >= 0.3 is 18.1 Å². The number of rotatable bonds is 21. The summed E-state index contributed by atoms with van der Waals surface area (Å²) in [5.41, 5.74) is 0. The molecule has 0 aromatic carbocycles. The van der Waals surface area contributed by atoms with Crippen molar-refractivity contribution >= 4 is 11.9 Å². The molecule has 0 aliphatic heterocycles. The fourth-order valence-electron chi connectivity index (χ4n) is 3.85. The summed E-state index contributed by atoms with van der Waals surface area (Å²) in [6.45, 7) is 5.97. The van der Waals surface area contributed by atoms with Crippen molar-refractivity contribution < 1.29 is 27.5 Å². The van der Waals surface area contributed by atoms with Gasteiger partial charge in [0.05, 0.1) is 6.61 Å². The number of alkyl halides is 3. The highest BCUT2D eigenvalue weighted by Gasteiger charge is 2.41. The minimum atomic E-state index is -5.01. The molecule has 0 aromatic heterocycles. The third kappa shape index (κ3) is 19.9. The Labute approximate surface area is 199 Å². The van der Waals surface area contributed by atoms with E-state index in [0.29, 0.717) is 6.42 Å². The second kappa shape index (κ2) is 20.1. The minimum Gasteiger partial charge on any atom is -0.464 e. The first-order valence-electron chi connectivity index (χ1n) is 13.2. The Morgan fingerprint density at radius 3 is 1.48 bits per heavy atom. The maximum Gasteiger partial charge on any atom is 0.471 e. The Kier molecular flexibility index (Phi) is 19.4. The van der Waals surface area contributed by atoms with E-state index in [9.17, 15) is 22.8 Å². The third-order valence-corrected chi connectivity index (χ3v) is 5.80. The zero-order valence-corrected chi connectivity index (χ0v) is 21.2. The smallest absolute Gasteiger partial charge is 0.464 e. The van der Waals surface area contributed by atoms with Crippen LogP contribution in [0.2, 0.25) is 0 Å². The monoisotopic (exact) mass is 479 g/mol. The molecule has 0 bridgehead atoms. The lowest BCUT2D eigenvalue weighted by Crippen LogP contribution is -2.48.